The van der Waals surface area contributed by atoms with E-state index in [1.54, 1.807) is 0 Å². The zero-order valence-corrected chi connectivity index (χ0v) is 12.3. The molecule has 0 amide bonds. The third-order valence-electron chi connectivity index (χ3n) is 4.91. The van der Waals surface area contributed by atoms with E-state index in [1.165, 1.54) is 42.4 Å². The summed E-state index contributed by atoms with van der Waals surface area (Å²) in [5.74, 6) is 2.96. The van der Waals surface area contributed by atoms with E-state index in [0.29, 0.717) is 4.83 Å². The minimum Gasteiger partial charge on any atom is -0.0836 e. The van der Waals surface area contributed by atoms with Crippen LogP contribution in [0.15, 0.2) is 18.2 Å². The third kappa shape index (κ3) is 2.07. The topological polar surface area (TPSA) is 0 Å². The first-order valence-electron chi connectivity index (χ1n) is 6.89. The SMILES string of the molecule is Cc1ccc(C(Br)C2C3CCCCC32)cc1C. The van der Waals surface area contributed by atoms with Gasteiger partial charge in [-0.3, -0.25) is 0 Å². The molecule has 0 bridgehead atoms. The standard InChI is InChI=1S/C16H21Br/c1-10-7-8-12(9-11(10)2)16(17)15-13-5-3-4-6-14(13)15/h7-9,13-16H,3-6H2,1-2H3. The molecule has 0 N–H and O–H groups in total. The third-order valence-corrected chi connectivity index (χ3v) is 6.05. The number of hydrogen-bond donors (Lipinski definition) is 0. The van der Waals surface area contributed by atoms with Crippen molar-refractivity contribution in [1.29, 1.82) is 0 Å². The first-order valence-corrected chi connectivity index (χ1v) is 7.81. The lowest BCUT2D eigenvalue weighted by Gasteiger charge is -2.12. The Morgan fingerprint density at radius 3 is 2.29 bits per heavy atom. The number of alkyl halides is 1. The predicted molar refractivity (Wildman–Crippen MR) is 76.5 cm³/mol. The van der Waals surface area contributed by atoms with E-state index in [1.807, 2.05) is 0 Å². The van der Waals surface area contributed by atoms with Crippen LogP contribution in [0.5, 0.6) is 0 Å². The summed E-state index contributed by atoms with van der Waals surface area (Å²) in [5.41, 5.74) is 4.32. The van der Waals surface area contributed by atoms with Crippen LogP contribution in [0.3, 0.4) is 0 Å². The van der Waals surface area contributed by atoms with E-state index in [4.69, 9.17) is 0 Å². The van der Waals surface area contributed by atoms with E-state index in [0.717, 1.165) is 17.8 Å². The number of fused-ring (bicyclic) bond motifs is 1. The van der Waals surface area contributed by atoms with Crippen molar-refractivity contribution in [3.63, 3.8) is 0 Å². The summed E-state index contributed by atoms with van der Waals surface area (Å²) in [6, 6.07) is 6.95. The summed E-state index contributed by atoms with van der Waals surface area (Å²) in [6.45, 7) is 4.41. The lowest BCUT2D eigenvalue weighted by molar-refractivity contribution is 0.480. The highest BCUT2D eigenvalue weighted by atomic mass is 79.9. The molecule has 92 valence electrons. The van der Waals surface area contributed by atoms with Crippen molar-refractivity contribution in [2.45, 2.75) is 44.4 Å². The molecule has 2 aliphatic rings. The molecule has 0 nitrogen and oxygen atoms in total. The molecule has 1 aromatic carbocycles. The van der Waals surface area contributed by atoms with Crippen LogP contribution >= 0.6 is 15.9 Å². The molecular weight excluding hydrogens is 272 g/mol. The van der Waals surface area contributed by atoms with Gasteiger partial charge in [-0.2, -0.15) is 0 Å². The van der Waals surface area contributed by atoms with Crippen LogP contribution in [0.1, 0.15) is 47.2 Å². The van der Waals surface area contributed by atoms with Crippen LogP contribution in [-0.4, -0.2) is 0 Å². The van der Waals surface area contributed by atoms with Crippen LogP contribution in [0.2, 0.25) is 0 Å². The molecule has 2 saturated carbocycles. The Morgan fingerprint density at radius 2 is 1.71 bits per heavy atom. The molecule has 0 saturated heterocycles. The lowest BCUT2D eigenvalue weighted by atomic mass is 10.0. The van der Waals surface area contributed by atoms with Gasteiger partial charge in [-0.1, -0.05) is 47.0 Å². The van der Waals surface area contributed by atoms with Crippen LogP contribution in [0, 0.1) is 31.6 Å². The fourth-order valence-corrected chi connectivity index (χ4v) is 4.71. The molecule has 1 heteroatoms. The van der Waals surface area contributed by atoms with Crippen molar-refractivity contribution in [3.05, 3.63) is 34.9 Å². The second-order valence-electron chi connectivity index (χ2n) is 5.93. The molecule has 0 aliphatic heterocycles. The molecule has 1 aromatic rings. The van der Waals surface area contributed by atoms with Crippen LogP contribution < -0.4 is 0 Å². The Bertz CT molecular complexity index is 412. The second-order valence-corrected chi connectivity index (χ2v) is 6.92. The second kappa shape index (κ2) is 4.42. The van der Waals surface area contributed by atoms with E-state index >= 15 is 0 Å². The van der Waals surface area contributed by atoms with Crippen molar-refractivity contribution in [2.24, 2.45) is 17.8 Å². The zero-order chi connectivity index (χ0) is 12.0. The van der Waals surface area contributed by atoms with Gasteiger partial charge in [-0.05, 0) is 61.1 Å². The Labute approximate surface area is 113 Å². The summed E-state index contributed by atoms with van der Waals surface area (Å²) < 4.78 is 0. The fraction of sp³-hybridized carbons (Fsp3) is 0.625. The molecule has 3 rings (SSSR count). The first kappa shape index (κ1) is 11.8. The van der Waals surface area contributed by atoms with Crippen molar-refractivity contribution in [3.8, 4) is 0 Å². The Kier molecular flexibility index (Phi) is 3.06. The van der Waals surface area contributed by atoms with Gasteiger partial charge >= 0.3 is 0 Å². The maximum absolute atomic E-state index is 3.96. The Balaban J connectivity index is 1.78. The summed E-state index contributed by atoms with van der Waals surface area (Å²) in [4.78, 5) is 0.592. The van der Waals surface area contributed by atoms with Crippen LogP contribution in [0.25, 0.3) is 0 Å². The monoisotopic (exact) mass is 292 g/mol. The molecule has 0 heterocycles. The van der Waals surface area contributed by atoms with Crippen LogP contribution in [-0.2, 0) is 0 Å². The Hall–Kier alpha value is -0.300. The van der Waals surface area contributed by atoms with Gasteiger partial charge in [0.05, 0.1) is 0 Å². The largest absolute Gasteiger partial charge is 0.0836 e. The highest BCUT2D eigenvalue weighted by molar-refractivity contribution is 9.09. The highest BCUT2D eigenvalue weighted by Crippen LogP contribution is 2.62. The van der Waals surface area contributed by atoms with Gasteiger partial charge in [0.2, 0.25) is 0 Å². The van der Waals surface area contributed by atoms with Crippen molar-refractivity contribution < 1.29 is 0 Å². The fourth-order valence-electron chi connectivity index (χ4n) is 3.64. The minimum atomic E-state index is 0.592. The summed E-state index contributed by atoms with van der Waals surface area (Å²) in [6.07, 6.45) is 5.87. The van der Waals surface area contributed by atoms with Gasteiger partial charge in [-0.15, -0.1) is 0 Å². The van der Waals surface area contributed by atoms with Crippen molar-refractivity contribution >= 4 is 15.9 Å². The van der Waals surface area contributed by atoms with Gasteiger partial charge in [0.25, 0.3) is 0 Å². The number of benzene rings is 1. The maximum atomic E-state index is 3.96. The number of aryl methyl sites for hydroxylation is 2. The summed E-state index contributed by atoms with van der Waals surface area (Å²) >= 11 is 3.96. The Morgan fingerprint density at radius 1 is 1.06 bits per heavy atom. The smallest absolute Gasteiger partial charge is 0.0429 e. The summed E-state index contributed by atoms with van der Waals surface area (Å²) in [7, 11) is 0. The number of hydrogen-bond acceptors (Lipinski definition) is 0. The van der Waals surface area contributed by atoms with E-state index in [-0.39, 0.29) is 0 Å². The van der Waals surface area contributed by atoms with Crippen molar-refractivity contribution in [1.82, 2.24) is 0 Å². The average molecular weight is 293 g/mol. The molecule has 0 aromatic heterocycles. The quantitative estimate of drug-likeness (QED) is 0.659. The van der Waals surface area contributed by atoms with Gasteiger partial charge in [0, 0.05) is 4.83 Å². The van der Waals surface area contributed by atoms with Gasteiger partial charge in [0.1, 0.15) is 0 Å². The van der Waals surface area contributed by atoms with Gasteiger partial charge < -0.3 is 0 Å². The molecule has 3 atom stereocenters. The maximum Gasteiger partial charge on any atom is 0.0429 e. The van der Waals surface area contributed by atoms with Gasteiger partial charge in [0.15, 0.2) is 0 Å². The molecule has 2 aliphatic carbocycles. The van der Waals surface area contributed by atoms with E-state index in [2.05, 4.69) is 48.0 Å². The summed E-state index contributed by atoms with van der Waals surface area (Å²) in [5, 5.41) is 0. The van der Waals surface area contributed by atoms with E-state index in [9.17, 15) is 0 Å². The van der Waals surface area contributed by atoms with Crippen molar-refractivity contribution in [2.75, 3.05) is 0 Å². The number of rotatable bonds is 2. The average Bonchev–Trinajstić information content (AvgIpc) is 3.06. The molecule has 17 heavy (non-hydrogen) atoms. The normalized spacial score (nSPS) is 33.0. The predicted octanol–water partition coefficient (Wildman–Crippen LogP) is 5.18. The molecular formula is C16H21Br. The molecule has 2 fully saturated rings. The van der Waals surface area contributed by atoms with Gasteiger partial charge in [-0.25, -0.2) is 0 Å². The lowest BCUT2D eigenvalue weighted by Crippen LogP contribution is -1.96. The zero-order valence-electron chi connectivity index (χ0n) is 10.7. The highest BCUT2D eigenvalue weighted by Gasteiger charge is 2.53. The van der Waals surface area contributed by atoms with Crippen LogP contribution in [0.4, 0.5) is 0 Å². The first-order chi connectivity index (χ1) is 8.18. The number of halogens is 1. The molecule has 0 spiro atoms. The molecule has 3 unspecified atom stereocenters. The molecule has 0 radical (unpaired) electrons. The van der Waals surface area contributed by atoms with E-state index < -0.39 is 0 Å². The minimum absolute atomic E-state index is 0.592.